The van der Waals surface area contributed by atoms with Crippen LogP contribution in [-0.4, -0.2) is 20.6 Å². The molecule has 1 heterocycles. The van der Waals surface area contributed by atoms with Crippen molar-refractivity contribution in [2.75, 3.05) is 0 Å². The zero-order valence-electron chi connectivity index (χ0n) is 10.6. The molecule has 0 amide bonds. The van der Waals surface area contributed by atoms with Crippen LogP contribution >= 0.6 is 11.6 Å². The van der Waals surface area contributed by atoms with E-state index >= 15 is 0 Å². The lowest BCUT2D eigenvalue weighted by atomic mass is 10.1. The Balaban J connectivity index is 2.11. The second-order valence-corrected chi connectivity index (χ2v) is 4.86. The molecule has 0 aliphatic rings. The Morgan fingerprint density at radius 1 is 1.47 bits per heavy atom. The van der Waals surface area contributed by atoms with Gasteiger partial charge >= 0.3 is 5.97 Å². The molecule has 0 saturated heterocycles. The molecule has 2 rings (SSSR count). The predicted octanol–water partition coefficient (Wildman–Crippen LogP) is 2.68. The molecule has 0 radical (unpaired) electrons. The van der Waals surface area contributed by atoms with Crippen molar-refractivity contribution in [1.82, 2.24) is 9.55 Å². The van der Waals surface area contributed by atoms with Crippen LogP contribution in [0.4, 0.5) is 0 Å². The van der Waals surface area contributed by atoms with Gasteiger partial charge in [0, 0.05) is 30.4 Å². The van der Waals surface area contributed by atoms with Gasteiger partial charge in [-0.2, -0.15) is 0 Å². The number of halogens is 1. The van der Waals surface area contributed by atoms with E-state index in [1.165, 1.54) is 0 Å². The normalized spacial score (nSPS) is 10.6. The molecular weight excluding hydrogens is 264 g/mol. The summed E-state index contributed by atoms with van der Waals surface area (Å²) in [7, 11) is 1.91. The minimum atomic E-state index is -0.794. The number of aromatic nitrogens is 2. The molecule has 0 atom stereocenters. The lowest BCUT2D eigenvalue weighted by molar-refractivity contribution is -0.136. The van der Waals surface area contributed by atoms with Gasteiger partial charge in [-0.1, -0.05) is 23.7 Å². The van der Waals surface area contributed by atoms with E-state index in [9.17, 15) is 4.79 Å². The molecule has 2 aromatic rings. The van der Waals surface area contributed by atoms with Crippen LogP contribution in [0.15, 0.2) is 30.5 Å². The molecule has 19 heavy (non-hydrogen) atoms. The van der Waals surface area contributed by atoms with Crippen LogP contribution in [0.2, 0.25) is 5.02 Å². The molecule has 0 bridgehead atoms. The van der Waals surface area contributed by atoms with Gasteiger partial charge in [0.25, 0.3) is 0 Å². The minimum absolute atomic E-state index is 0.121. The van der Waals surface area contributed by atoms with Gasteiger partial charge in [0.1, 0.15) is 5.82 Å². The maximum absolute atomic E-state index is 10.6. The molecule has 0 unspecified atom stereocenters. The second-order valence-electron chi connectivity index (χ2n) is 4.43. The van der Waals surface area contributed by atoms with Crippen LogP contribution in [-0.2, 0) is 24.7 Å². The zero-order chi connectivity index (χ0) is 13.8. The van der Waals surface area contributed by atoms with E-state index in [4.69, 9.17) is 16.7 Å². The SMILES string of the molecule is Cn1c(CCC(=O)O)cnc1Cc1cccc(Cl)c1. The van der Waals surface area contributed by atoms with E-state index in [-0.39, 0.29) is 6.42 Å². The largest absolute Gasteiger partial charge is 0.481 e. The smallest absolute Gasteiger partial charge is 0.303 e. The molecule has 1 aromatic heterocycles. The highest BCUT2D eigenvalue weighted by molar-refractivity contribution is 6.30. The van der Waals surface area contributed by atoms with Crippen molar-refractivity contribution in [1.29, 1.82) is 0 Å². The lowest BCUT2D eigenvalue weighted by Gasteiger charge is -2.05. The number of hydrogen-bond donors (Lipinski definition) is 1. The first-order chi connectivity index (χ1) is 9.06. The number of aryl methyl sites for hydroxylation is 1. The number of rotatable bonds is 5. The predicted molar refractivity (Wildman–Crippen MR) is 73.4 cm³/mol. The van der Waals surface area contributed by atoms with Crippen LogP contribution in [0.5, 0.6) is 0 Å². The molecule has 0 fully saturated rings. The highest BCUT2D eigenvalue weighted by atomic mass is 35.5. The Morgan fingerprint density at radius 3 is 2.95 bits per heavy atom. The third kappa shape index (κ3) is 3.58. The fraction of sp³-hybridized carbons (Fsp3) is 0.286. The quantitative estimate of drug-likeness (QED) is 0.915. The van der Waals surface area contributed by atoms with Crippen molar-refractivity contribution in [3.63, 3.8) is 0 Å². The molecule has 0 saturated carbocycles. The summed E-state index contributed by atoms with van der Waals surface area (Å²) in [4.78, 5) is 14.9. The highest BCUT2D eigenvalue weighted by Gasteiger charge is 2.09. The Bertz CT molecular complexity index is 593. The summed E-state index contributed by atoms with van der Waals surface area (Å²) >= 11 is 5.95. The van der Waals surface area contributed by atoms with E-state index < -0.39 is 5.97 Å². The zero-order valence-corrected chi connectivity index (χ0v) is 11.4. The summed E-state index contributed by atoms with van der Waals surface area (Å²) in [5, 5.41) is 9.40. The lowest BCUT2D eigenvalue weighted by Crippen LogP contribution is -2.05. The number of carboxylic acid groups (broad SMARTS) is 1. The average Bonchev–Trinajstić information content (AvgIpc) is 2.68. The third-order valence-electron chi connectivity index (χ3n) is 3.03. The van der Waals surface area contributed by atoms with Crippen LogP contribution in [0, 0.1) is 0 Å². The topological polar surface area (TPSA) is 55.1 Å². The van der Waals surface area contributed by atoms with Gasteiger partial charge in [0.05, 0.1) is 6.42 Å². The van der Waals surface area contributed by atoms with Crippen molar-refractivity contribution in [3.8, 4) is 0 Å². The Kier molecular flexibility index (Phi) is 4.22. The van der Waals surface area contributed by atoms with Gasteiger partial charge in [-0.15, -0.1) is 0 Å². The van der Waals surface area contributed by atoms with Crippen molar-refractivity contribution in [3.05, 3.63) is 52.6 Å². The van der Waals surface area contributed by atoms with Gasteiger partial charge in [-0.05, 0) is 24.1 Å². The number of aliphatic carboxylic acids is 1. The maximum atomic E-state index is 10.6. The third-order valence-corrected chi connectivity index (χ3v) is 3.26. The first-order valence-corrected chi connectivity index (χ1v) is 6.40. The van der Waals surface area contributed by atoms with Crippen molar-refractivity contribution in [2.24, 2.45) is 7.05 Å². The standard InChI is InChI=1S/C14H15ClN2O2/c1-17-12(5-6-14(18)19)9-16-13(17)8-10-3-2-4-11(15)7-10/h2-4,7,9H,5-6,8H2,1H3,(H,18,19). The summed E-state index contributed by atoms with van der Waals surface area (Å²) in [5.41, 5.74) is 2.02. The second kappa shape index (κ2) is 5.89. The molecule has 5 heteroatoms. The van der Waals surface area contributed by atoms with Gasteiger partial charge in [0.15, 0.2) is 0 Å². The van der Waals surface area contributed by atoms with Gasteiger partial charge in [-0.25, -0.2) is 4.98 Å². The van der Waals surface area contributed by atoms with Gasteiger partial charge in [-0.3, -0.25) is 4.79 Å². The molecule has 0 spiro atoms. The number of carboxylic acids is 1. The number of benzene rings is 1. The van der Waals surface area contributed by atoms with E-state index in [1.807, 2.05) is 35.9 Å². The van der Waals surface area contributed by atoms with E-state index in [0.717, 1.165) is 17.1 Å². The number of imidazole rings is 1. The van der Waals surface area contributed by atoms with Crippen molar-refractivity contribution < 1.29 is 9.90 Å². The van der Waals surface area contributed by atoms with E-state index in [0.29, 0.717) is 17.9 Å². The minimum Gasteiger partial charge on any atom is -0.481 e. The monoisotopic (exact) mass is 278 g/mol. The van der Waals surface area contributed by atoms with Gasteiger partial charge in [0.2, 0.25) is 0 Å². The molecule has 100 valence electrons. The molecule has 0 aliphatic heterocycles. The fourth-order valence-electron chi connectivity index (χ4n) is 1.95. The molecule has 4 nitrogen and oxygen atoms in total. The van der Waals surface area contributed by atoms with Crippen LogP contribution in [0.1, 0.15) is 23.5 Å². The first kappa shape index (κ1) is 13.6. The Hall–Kier alpha value is -1.81. The maximum Gasteiger partial charge on any atom is 0.303 e. The summed E-state index contributed by atoms with van der Waals surface area (Å²) < 4.78 is 1.95. The average molecular weight is 279 g/mol. The Labute approximate surface area is 116 Å². The number of carbonyl (C=O) groups is 1. The molecular formula is C14H15ClN2O2. The molecule has 1 N–H and O–H groups in total. The molecule has 1 aromatic carbocycles. The summed E-state index contributed by atoms with van der Waals surface area (Å²) in [5.74, 6) is 0.111. The van der Waals surface area contributed by atoms with Crippen LogP contribution in [0.3, 0.4) is 0 Å². The summed E-state index contributed by atoms with van der Waals surface area (Å²) in [6.45, 7) is 0. The van der Waals surface area contributed by atoms with Crippen LogP contribution < -0.4 is 0 Å². The van der Waals surface area contributed by atoms with Gasteiger partial charge < -0.3 is 9.67 Å². The fourth-order valence-corrected chi connectivity index (χ4v) is 2.16. The summed E-state index contributed by atoms with van der Waals surface area (Å²) in [6, 6.07) is 7.65. The summed E-state index contributed by atoms with van der Waals surface area (Å²) in [6.07, 6.45) is 3.04. The van der Waals surface area contributed by atoms with Crippen molar-refractivity contribution in [2.45, 2.75) is 19.3 Å². The first-order valence-electron chi connectivity index (χ1n) is 6.02. The van der Waals surface area contributed by atoms with Crippen LogP contribution in [0.25, 0.3) is 0 Å². The molecule has 0 aliphatic carbocycles. The van der Waals surface area contributed by atoms with Crippen molar-refractivity contribution >= 4 is 17.6 Å². The number of hydrogen-bond acceptors (Lipinski definition) is 2. The Morgan fingerprint density at radius 2 is 2.26 bits per heavy atom. The highest BCUT2D eigenvalue weighted by Crippen LogP contribution is 2.15. The van der Waals surface area contributed by atoms with E-state index in [1.54, 1.807) is 6.20 Å². The van der Waals surface area contributed by atoms with E-state index in [2.05, 4.69) is 4.98 Å². The number of nitrogens with zero attached hydrogens (tertiary/aromatic N) is 2.